The van der Waals surface area contributed by atoms with Gasteiger partial charge in [-0.3, -0.25) is 9.36 Å². The largest absolute Gasteiger partial charge is 0.420 e. The van der Waals surface area contributed by atoms with E-state index in [-0.39, 0.29) is 18.5 Å². The summed E-state index contributed by atoms with van der Waals surface area (Å²) in [5.74, 6) is -0.970. The number of amides is 1. The van der Waals surface area contributed by atoms with Crippen LogP contribution in [0.1, 0.15) is 18.5 Å². The van der Waals surface area contributed by atoms with Crippen molar-refractivity contribution in [1.82, 2.24) is 9.88 Å². The highest BCUT2D eigenvalue weighted by atomic mass is 35.5. The van der Waals surface area contributed by atoms with E-state index in [4.69, 9.17) is 39.2 Å². The molecule has 0 aliphatic rings. The lowest BCUT2D eigenvalue weighted by atomic mass is 10.1. The van der Waals surface area contributed by atoms with Crippen molar-refractivity contribution < 1.29 is 9.21 Å². The van der Waals surface area contributed by atoms with Gasteiger partial charge in [-0.25, -0.2) is 4.79 Å². The molecule has 0 spiro atoms. The number of oxazole rings is 1. The molecule has 130 valence electrons. The quantitative estimate of drug-likeness (QED) is 0.706. The van der Waals surface area contributed by atoms with E-state index < -0.39 is 5.76 Å². The van der Waals surface area contributed by atoms with Crippen LogP contribution in [-0.4, -0.2) is 10.5 Å². The van der Waals surface area contributed by atoms with Gasteiger partial charge >= 0.3 is 5.76 Å². The zero-order valence-corrected chi connectivity index (χ0v) is 15.3. The molecule has 5 nitrogen and oxygen atoms in total. The maximum Gasteiger partial charge on any atom is 0.420 e. The minimum absolute atomic E-state index is 0.178. The molecule has 0 unspecified atom stereocenters. The summed E-state index contributed by atoms with van der Waals surface area (Å²) in [7, 11) is 0. The summed E-state index contributed by atoms with van der Waals surface area (Å²) in [5, 5.41) is 4.23. The summed E-state index contributed by atoms with van der Waals surface area (Å²) in [6.07, 6.45) is 0. The van der Waals surface area contributed by atoms with Crippen LogP contribution in [0.2, 0.25) is 15.1 Å². The molecule has 0 saturated carbocycles. The summed E-state index contributed by atoms with van der Waals surface area (Å²) < 4.78 is 6.36. The molecule has 2 aromatic carbocycles. The van der Waals surface area contributed by atoms with Gasteiger partial charge in [-0.1, -0.05) is 40.9 Å². The predicted octanol–water partition coefficient (Wildman–Crippen LogP) is 4.43. The van der Waals surface area contributed by atoms with Crippen LogP contribution in [0.15, 0.2) is 45.6 Å². The van der Waals surface area contributed by atoms with Gasteiger partial charge in [-0.15, -0.1) is 0 Å². The van der Waals surface area contributed by atoms with E-state index in [9.17, 15) is 9.59 Å². The molecular weight excluding hydrogens is 387 g/mol. The Bertz CT molecular complexity index is 1010. The lowest BCUT2D eigenvalue weighted by Gasteiger charge is -2.16. The lowest BCUT2D eigenvalue weighted by molar-refractivity contribution is -0.122. The fraction of sp³-hybridized carbons (Fsp3) is 0.176. The molecule has 0 aliphatic carbocycles. The number of nitrogens with zero attached hydrogens (tertiary/aromatic N) is 1. The van der Waals surface area contributed by atoms with Crippen LogP contribution >= 0.6 is 34.8 Å². The zero-order chi connectivity index (χ0) is 18.1. The SMILES string of the molecule is C[C@H](NC(=O)Cn1c(=O)oc2cc(Cl)ccc21)c1ccc(Cl)cc1Cl. The maximum atomic E-state index is 12.3. The molecule has 25 heavy (non-hydrogen) atoms. The molecule has 0 aliphatic heterocycles. The second-order valence-corrected chi connectivity index (χ2v) is 6.80. The van der Waals surface area contributed by atoms with Crippen LogP contribution in [0.4, 0.5) is 0 Å². The number of hydrogen-bond donors (Lipinski definition) is 1. The Morgan fingerprint density at radius 2 is 1.84 bits per heavy atom. The van der Waals surface area contributed by atoms with Crippen LogP contribution in [0.25, 0.3) is 11.1 Å². The first-order valence-electron chi connectivity index (χ1n) is 7.38. The molecule has 1 heterocycles. The first-order chi connectivity index (χ1) is 11.8. The first kappa shape index (κ1) is 17.9. The van der Waals surface area contributed by atoms with Gasteiger partial charge in [0.05, 0.1) is 11.6 Å². The van der Waals surface area contributed by atoms with Crippen molar-refractivity contribution in [2.24, 2.45) is 0 Å². The Morgan fingerprint density at radius 3 is 2.56 bits per heavy atom. The number of benzene rings is 2. The molecule has 1 atom stereocenters. The van der Waals surface area contributed by atoms with Crippen molar-refractivity contribution in [3.8, 4) is 0 Å². The van der Waals surface area contributed by atoms with Crippen molar-refractivity contribution in [2.45, 2.75) is 19.5 Å². The van der Waals surface area contributed by atoms with Crippen LogP contribution in [0.3, 0.4) is 0 Å². The van der Waals surface area contributed by atoms with E-state index in [0.29, 0.717) is 26.2 Å². The Morgan fingerprint density at radius 1 is 1.16 bits per heavy atom. The van der Waals surface area contributed by atoms with E-state index in [2.05, 4.69) is 5.32 Å². The monoisotopic (exact) mass is 398 g/mol. The number of nitrogens with one attached hydrogen (secondary N) is 1. The molecule has 3 rings (SSSR count). The van der Waals surface area contributed by atoms with Crippen LogP contribution in [-0.2, 0) is 11.3 Å². The Balaban J connectivity index is 1.79. The molecule has 1 N–H and O–H groups in total. The maximum absolute atomic E-state index is 12.3. The van der Waals surface area contributed by atoms with Gasteiger partial charge < -0.3 is 9.73 Å². The van der Waals surface area contributed by atoms with Crippen molar-refractivity contribution in [1.29, 1.82) is 0 Å². The fourth-order valence-electron chi connectivity index (χ4n) is 2.55. The van der Waals surface area contributed by atoms with Crippen LogP contribution < -0.4 is 11.1 Å². The number of aromatic nitrogens is 1. The minimum Gasteiger partial charge on any atom is -0.408 e. The standard InChI is InChI=1S/C17H13Cl3N2O3/c1-9(12-4-2-10(18)6-13(12)20)21-16(23)8-22-14-5-3-11(19)7-15(14)25-17(22)24/h2-7,9H,8H2,1H3,(H,21,23)/t9-/m0/s1. The number of carbonyl (C=O) groups is 1. The third-order valence-electron chi connectivity index (χ3n) is 3.74. The summed E-state index contributed by atoms with van der Waals surface area (Å²) in [6, 6.07) is 9.50. The van der Waals surface area contributed by atoms with Gasteiger partial charge in [0.1, 0.15) is 6.54 Å². The normalized spacial score (nSPS) is 12.3. The van der Waals surface area contributed by atoms with Gasteiger partial charge in [0.15, 0.2) is 5.58 Å². The fourth-order valence-corrected chi connectivity index (χ4v) is 3.29. The highest BCUT2D eigenvalue weighted by Crippen LogP contribution is 2.26. The highest BCUT2D eigenvalue weighted by Gasteiger charge is 2.16. The van der Waals surface area contributed by atoms with Gasteiger partial charge in [0, 0.05) is 21.1 Å². The van der Waals surface area contributed by atoms with E-state index in [1.165, 1.54) is 10.6 Å². The summed E-state index contributed by atoms with van der Waals surface area (Å²) >= 11 is 17.9. The number of hydrogen-bond acceptors (Lipinski definition) is 3. The molecule has 3 aromatic rings. The molecule has 1 amide bonds. The third kappa shape index (κ3) is 3.84. The molecular formula is C17H13Cl3N2O3. The topological polar surface area (TPSA) is 64.2 Å². The Hall–Kier alpha value is -1.95. The zero-order valence-electron chi connectivity index (χ0n) is 13.1. The van der Waals surface area contributed by atoms with Crippen molar-refractivity contribution in [2.75, 3.05) is 0 Å². The van der Waals surface area contributed by atoms with Crippen molar-refractivity contribution >= 4 is 51.8 Å². The third-order valence-corrected chi connectivity index (χ3v) is 4.54. The van der Waals surface area contributed by atoms with Gasteiger partial charge in [-0.2, -0.15) is 0 Å². The molecule has 8 heteroatoms. The van der Waals surface area contributed by atoms with Gasteiger partial charge in [0.25, 0.3) is 0 Å². The summed E-state index contributed by atoms with van der Waals surface area (Å²) in [6.45, 7) is 1.62. The van der Waals surface area contributed by atoms with Crippen LogP contribution in [0, 0.1) is 0 Å². The minimum atomic E-state index is -0.621. The van der Waals surface area contributed by atoms with Gasteiger partial charge in [-0.05, 0) is 36.8 Å². The van der Waals surface area contributed by atoms with Crippen molar-refractivity contribution in [3.05, 3.63) is 67.6 Å². The molecule has 0 fully saturated rings. The summed E-state index contributed by atoms with van der Waals surface area (Å²) in [5.41, 5.74) is 1.57. The number of rotatable bonds is 4. The Labute approximate surface area is 158 Å². The predicted molar refractivity (Wildman–Crippen MR) is 98.5 cm³/mol. The second-order valence-electron chi connectivity index (χ2n) is 5.52. The van der Waals surface area contributed by atoms with E-state index in [1.54, 1.807) is 37.3 Å². The molecule has 0 bridgehead atoms. The average Bonchev–Trinajstić information content (AvgIpc) is 2.81. The molecule has 1 aromatic heterocycles. The van der Waals surface area contributed by atoms with E-state index >= 15 is 0 Å². The smallest absolute Gasteiger partial charge is 0.408 e. The number of halogens is 3. The highest BCUT2D eigenvalue weighted by molar-refractivity contribution is 6.35. The second kappa shape index (κ2) is 7.12. The summed E-state index contributed by atoms with van der Waals surface area (Å²) in [4.78, 5) is 24.3. The number of carbonyl (C=O) groups excluding carboxylic acids is 1. The lowest BCUT2D eigenvalue weighted by Crippen LogP contribution is -2.32. The average molecular weight is 400 g/mol. The van der Waals surface area contributed by atoms with Crippen LogP contribution in [0.5, 0.6) is 0 Å². The molecule has 0 radical (unpaired) electrons. The first-order valence-corrected chi connectivity index (χ1v) is 8.52. The number of fused-ring (bicyclic) bond motifs is 1. The molecule has 0 saturated heterocycles. The van der Waals surface area contributed by atoms with Crippen molar-refractivity contribution in [3.63, 3.8) is 0 Å². The van der Waals surface area contributed by atoms with E-state index in [1.807, 2.05) is 0 Å². The van der Waals surface area contributed by atoms with E-state index in [0.717, 1.165) is 5.56 Å². The Kier molecular flexibility index (Phi) is 5.08. The van der Waals surface area contributed by atoms with Gasteiger partial charge in [0.2, 0.25) is 5.91 Å².